The second-order valence-electron chi connectivity index (χ2n) is 2.48. The van der Waals surface area contributed by atoms with Crippen LogP contribution < -0.4 is 0 Å². The van der Waals surface area contributed by atoms with E-state index in [1.807, 2.05) is 0 Å². The van der Waals surface area contributed by atoms with Crippen molar-refractivity contribution >= 4 is 40.6 Å². The average molecular weight is 259 g/mol. The summed E-state index contributed by atoms with van der Waals surface area (Å²) in [5.74, 6) is -0.868. The van der Waals surface area contributed by atoms with Gasteiger partial charge < -0.3 is 5.11 Å². The van der Waals surface area contributed by atoms with Gasteiger partial charge in [-0.2, -0.15) is 4.37 Å². The minimum atomic E-state index is -0.868. The fraction of sp³-hybridized carbons (Fsp3) is 0.143. The average Bonchev–Trinajstić information content (AvgIpc) is 2.77. The van der Waals surface area contributed by atoms with Gasteiger partial charge in [-0.3, -0.25) is 4.79 Å². The molecule has 1 N–H and O–H groups in total. The van der Waals surface area contributed by atoms with E-state index in [1.165, 1.54) is 41.0 Å². The highest BCUT2D eigenvalue weighted by molar-refractivity contribution is 8.02. The summed E-state index contributed by atoms with van der Waals surface area (Å²) < 4.78 is 5.47. The molecule has 0 amide bonds. The molecular weight excluding hydrogens is 254 g/mol. The first kappa shape index (κ1) is 10.5. The summed E-state index contributed by atoms with van der Waals surface area (Å²) in [5.41, 5.74) is 0.583. The van der Waals surface area contributed by atoms with Crippen LogP contribution in [0.25, 0.3) is 0 Å². The first-order valence-corrected chi connectivity index (χ1v) is 6.32. The van der Waals surface area contributed by atoms with E-state index in [4.69, 9.17) is 5.11 Å². The van der Waals surface area contributed by atoms with Crippen LogP contribution in [0.4, 0.5) is 0 Å². The molecule has 0 aliphatic carbocycles. The number of hydrogen-bond acceptors (Lipinski definition) is 7. The van der Waals surface area contributed by atoms with E-state index in [0.29, 0.717) is 5.69 Å². The molecule has 8 heteroatoms. The fourth-order valence-corrected chi connectivity index (χ4v) is 3.33. The lowest BCUT2D eigenvalue weighted by atomic mass is 10.3. The molecule has 0 bridgehead atoms. The van der Waals surface area contributed by atoms with Crippen LogP contribution in [0.1, 0.15) is 5.69 Å². The normalized spacial score (nSPS) is 10.4. The van der Waals surface area contributed by atoms with Gasteiger partial charge in [0.05, 0.1) is 12.1 Å². The maximum absolute atomic E-state index is 10.4. The summed E-state index contributed by atoms with van der Waals surface area (Å²) in [7, 11) is 0. The summed E-state index contributed by atoms with van der Waals surface area (Å²) in [6.45, 7) is 0. The van der Waals surface area contributed by atoms with Gasteiger partial charge in [-0.05, 0) is 23.3 Å². The summed E-state index contributed by atoms with van der Waals surface area (Å²) in [6.07, 6.45) is 1.45. The summed E-state index contributed by atoms with van der Waals surface area (Å²) in [6, 6.07) is 0. The van der Waals surface area contributed by atoms with E-state index in [1.54, 1.807) is 5.38 Å². The molecule has 5 nitrogen and oxygen atoms in total. The summed E-state index contributed by atoms with van der Waals surface area (Å²) >= 11 is 4.11. The maximum atomic E-state index is 10.4. The number of nitrogens with zero attached hydrogens (tertiary/aromatic N) is 3. The molecule has 0 saturated heterocycles. The minimum Gasteiger partial charge on any atom is -0.481 e. The van der Waals surface area contributed by atoms with Crippen LogP contribution in [0.3, 0.4) is 0 Å². The topological polar surface area (TPSA) is 76.0 Å². The van der Waals surface area contributed by atoms with Crippen molar-refractivity contribution in [2.45, 2.75) is 15.1 Å². The number of aliphatic carboxylic acids is 1. The molecule has 2 rings (SSSR count). The Balaban J connectivity index is 2.04. The van der Waals surface area contributed by atoms with Crippen LogP contribution in [0.15, 0.2) is 20.4 Å². The number of thiazole rings is 1. The van der Waals surface area contributed by atoms with Crippen LogP contribution in [0.5, 0.6) is 0 Å². The van der Waals surface area contributed by atoms with E-state index in [0.717, 1.165) is 8.68 Å². The van der Waals surface area contributed by atoms with E-state index >= 15 is 0 Å². The lowest BCUT2D eigenvalue weighted by Gasteiger charge is -1.88. The second-order valence-corrected chi connectivity index (χ2v) is 5.62. The Hall–Kier alpha value is -0.990. The van der Waals surface area contributed by atoms with Crippen molar-refractivity contribution in [2.24, 2.45) is 0 Å². The molecule has 0 aliphatic heterocycles. The van der Waals surface area contributed by atoms with Gasteiger partial charge in [-0.1, -0.05) is 0 Å². The molecule has 78 valence electrons. The Morgan fingerprint density at radius 1 is 1.53 bits per heavy atom. The molecule has 0 radical (unpaired) electrons. The number of carboxylic acid groups (broad SMARTS) is 1. The smallest absolute Gasteiger partial charge is 0.309 e. The van der Waals surface area contributed by atoms with Gasteiger partial charge >= 0.3 is 5.97 Å². The van der Waals surface area contributed by atoms with Crippen molar-refractivity contribution in [1.82, 2.24) is 14.3 Å². The third kappa shape index (κ3) is 2.98. The molecule has 0 spiro atoms. The quantitative estimate of drug-likeness (QED) is 0.901. The van der Waals surface area contributed by atoms with Gasteiger partial charge in [0.1, 0.15) is 6.33 Å². The van der Waals surface area contributed by atoms with Gasteiger partial charge in [0, 0.05) is 5.38 Å². The lowest BCUT2D eigenvalue weighted by Crippen LogP contribution is -1.99. The van der Waals surface area contributed by atoms with Crippen molar-refractivity contribution in [2.75, 3.05) is 0 Å². The largest absolute Gasteiger partial charge is 0.481 e. The molecular formula is C7H5N3O2S3. The van der Waals surface area contributed by atoms with E-state index < -0.39 is 5.97 Å². The van der Waals surface area contributed by atoms with Gasteiger partial charge in [0.15, 0.2) is 8.68 Å². The minimum absolute atomic E-state index is 0.0345. The van der Waals surface area contributed by atoms with Crippen molar-refractivity contribution in [3.63, 3.8) is 0 Å². The van der Waals surface area contributed by atoms with Crippen molar-refractivity contribution in [3.05, 3.63) is 17.4 Å². The van der Waals surface area contributed by atoms with Crippen LogP contribution in [0.2, 0.25) is 0 Å². The Bertz CT molecular complexity index is 454. The number of hydrogen-bond donors (Lipinski definition) is 1. The summed E-state index contributed by atoms with van der Waals surface area (Å²) in [5, 5.41) is 10.3. The highest BCUT2D eigenvalue weighted by atomic mass is 32.2. The predicted octanol–water partition coefficient (Wildman–Crippen LogP) is 1.77. The second kappa shape index (κ2) is 4.69. The Labute approximate surface area is 97.4 Å². The van der Waals surface area contributed by atoms with Crippen LogP contribution in [-0.4, -0.2) is 25.4 Å². The van der Waals surface area contributed by atoms with E-state index in [-0.39, 0.29) is 6.42 Å². The molecule has 2 aromatic heterocycles. The number of carboxylic acids is 1. The molecule has 0 unspecified atom stereocenters. The zero-order valence-corrected chi connectivity index (χ0v) is 9.73. The van der Waals surface area contributed by atoms with Gasteiger partial charge in [0.25, 0.3) is 0 Å². The first-order valence-electron chi connectivity index (χ1n) is 3.85. The molecule has 15 heavy (non-hydrogen) atoms. The van der Waals surface area contributed by atoms with Crippen LogP contribution >= 0.6 is 34.6 Å². The number of aromatic nitrogens is 3. The SMILES string of the molecule is O=C(O)Cc1csc(Sc2ncns2)n1. The molecule has 2 heterocycles. The van der Waals surface area contributed by atoms with Crippen molar-refractivity contribution in [3.8, 4) is 0 Å². The van der Waals surface area contributed by atoms with Gasteiger partial charge in [0.2, 0.25) is 0 Å². The van der Waals surface area contributed by atoms with Crippen molar-refractivity contribution < 1.29 is 9.90 Å². The highest BCUT2D eigenvalue weighted by Crippen LogP contribution is 2.30. The molecule has 0 aromatic carbocycles. The van der Waals surface area contributed by atoms with E-state index in [9.17, 15) is 4.79 Å². The molecule has 0 fully saturated rings. The standard InChI is InChI=1S/C7H5N3O2S3/c11-5(12)1-4-2-13-7(10-4)14-6-8-3-9-15-6/h2-3H,1H2,(H,11,12). The molecule has 0 saturated carbocycles. The van der Waals surface area contributed by atoms with Gasteiger partial charge in [-0.15, -0.1) is 11.3 Å². The Kier molecular flexibility index (Phi) is 3.29. The Morgan fingerprint density at radius 2 is 2.40 bits per heavy atom. The third-order valence-corrected chi connectivity index (χ3v) is 4.08. The predicted molar refractivity (Wildman–Crippen MR) is 57.5 cm³/mol. The zero-order chi connectivity index (χ0) is 10.7. The molecule has 2 aromatic rings. The fourth-order valence-electron chi connectivity index (χ4n) is 0.854. The number of carbonyl (C=O) groups is 1. The van der Waals surface area contributed by atoms with Gasteiger partial charge in [-0.25, -0.2) is 9.97 Å². The third-order valence-electron chi connectivity index (χ3n) is 1.38. The monoisotopic (exact) mass is 259 g/mol. The van der Waals surface area contributed by atoms with E-state index in [2.05, 4.69) is 14.3 Å². The highest BCUT2D eigenvalue weighted by Gasteiger charge is 2.08. The number of rotatable bonds is 4. The first-order chi connectivity index (χ1) is 7.24. The van der Waals surface area contributed by atoms with Crippen LogP contribution in [0, 0.1) is 0 Å². The van der Waals surface area contributed by atoms with Crippen molar-refractivity contribution in [1.29, 1.82) is 0 Å². The Morgan fingerprint density at radius 3 is 3.07 bits per heavy atom. The molecule has 0 aliphatic rings. The lowest BCUT2D eigenvalue weighted by molar-refractivity contribution is -0.136. The zero-order valence-electron chi connectivity index (χ0n) is 7.28. The van der Waals surface area contributed by atoms with Crippen LogP contribution in [-0.2, 0) is 11.2 Å². The molecule has 0 atom stereocenters. The summed E-state index contributed by atoms with van der Waals surface area (Å²) in [4.78, 5) is 18.6. The maximum Gasteiger partial charge on any atom is 0.309 e.